The molecule has 4 heteroatoms. The third kappa shape index (κ3) is 3.37. The molecule has 0 saturated carbocycles. The van der Waals surface area contributed by atoms with Crippen LogP contribution in [-0.4, -0.2) is 16.7 Å². The van der Waals surface area contributed by atoms with Gasteiger partial charge in [-0.15, -0.1) is 0 Å². The first-order valence-electron chi connectivity index (χ1n) is 4.03. The van der Waals surface area contributed by atoms with E-state index in [1.807, 2.05) is 0 Å². The molecule has 0 bridgehead atoms. The van der Waals surface area contributed by atoms with Gasteiger partial charge in [0.1, 0.15) is 0 Å². The molecule has 0 amide bonds. The van der Waals surface area contributed by atoms with Crippen LogP contribution in [0.25, 0.3) is 0 Å². The second kappa shape index (κ2) is 4.12. The fraction of sp³-hybridized carbons (Fsp3) is 0.556. The molecule has 0 rings (SSSR count). The molecular weight excluding hydrogens is 187 g/mol. The van der Waals surface area contributed by atoms with Gasteiger partial charge in [-0.1, -0.05) is 0 Å². The molecular formula is C9H17O3P. The molecule has 0 saturated heterocycles. The zero-order chi connectivity index (χ0) is 10.8. The van der Waals surface area contributed by atoms with E-state index in [4.69, 9.17) is 0 Å². The van der Waals surface area contributed by atoms with Crippen molar-refractivity contribution in [2.75, 3.05) is 6.66 Å². The summed E-state index contributed by atoms with van der Waals surface area (Å²) in [6.07, 6.45) is 0. The van der Waals surface area contributed by atoms with Gasteiger partial charge in [0.2, 0.25) is 7.37 Å². The van der Waals surface area contributed by atoms with Gasteiger partial charge in [-0.25, -0.2) is 0 Å². The SMILES string of the molecule is C/C(O)=C(C)/C(C)=C(/C)P(C)(=O)O. The molecule has 0 aromatic rings. The van der Waals surface area contributed by atoms with Crippen molar-refractivity contribution in [2.24, 2.45) is 0 Å². The molecule has 0 heterocycles. The molecule has 13 heavy (non-hydrogen) atoms. The fourth-order valence-electron chi connectivity index (χ4n) is 0.854. The molecule has 0 aliphatic rings. The predicted octanol–water partition coefficient (Wildman–Crippen LogP) is 3.03. The molecule has 0 aliphatic carbocycles. The first-order valence-corrected chi connectivity index (χ1v) is 6.13. The van der Waals surface area contributed by atoms with Crippen molar-refractivity contribution in [3.63, 3.8) is 0 Å². The Labute approximate surface area is 79.2 Å². The molecule has 1 atom stereocenters. The molecule has 0 aromatic heterocycles. The van der Waals surface area contributed by atoms with E-state index in [9.17, 15) is 14.6 Å². The average Bonchev–Trinajstić information content (AvgIpc) is 1.98. The highest BCUT2D eigenvalue weighted by Gasteiger charge is 2.16. The van der Waals surface area contributed by atoms with Gasteiger partial charge in [0, 0.05) is 12.0 Å². The monoisotopic (exact) mass is 204 g/mol. The van der Waals surface area contributed by atoms with Gasteiger partial charge >= 0.3 is 0 Å². The Morgan fingerprint density at radius 2 is 1.46 bits per heavy atom. The maximum atomic E-state index is 11.3. The molecule has 0 spiro atoms. The maximum Gasteiger partial charge on any atom is 0.222 e. The van der Waals surface area contributed by atoms with Crippen LogP contribution in [0.4, 0.5) is 0 Å². The first kappa shape index (κ1) is 12.5. The van der Waals surface area contributed by atoms with Crippen LogP contribution in [0.1, 0.15) is 27.7 Å². The fourth-order valence-corrected chi connectivity index (χ4v) is 1.64. The number of rotatable bonds is 2. The summed E-state index contributed by atoms with van der Waals surface area (Å²) in [5, 5.41) is 9.62. The Balaban J connectivity index is 5.31. The maximum absolute atomic E-state index is 11.3. The summed E-state index contributed by atoms with van der Waals surface area (Å²) in [7, 11) is -3.17. The Morgan fingerprint density at radius 1 is 1.08 bits per heavy atom. The van der Waals surface area contributed by atoms with Crippen LogP contribution in [0.5, 0.6) is 0 Å². The molecule has 0 fully saturated rings. The minimum atomic E-state index is -3.17. The van der Waals surface area contributed by atoms with E-state index in [0.29, 0.717) is 16.5 Å². The quantitative estimate of drug-likeness (QED) is 0.413. The number of allylic oxidation sites excluding steroid dienone is 4. The van der Waals surface area contributed by atoms with E-state index < -0.39 is 7.37 Å². The minimum absolute atomic E-state index is 0.185. The second-order valence-electron chi connectivity index (χ2n) is 3.30. The van der Waals surface area contributed by atoms with Crippen molar-refractivity contribution in [3.05, 3.63) is 22.2 Å². The minimum Gasteiger partial charge on any atom is -0.512 e. The van der Waals surface area contributed by atoms with E-state index in [0.717, 1.165) is 0 Å². The van der Waals surface area contributed by atoms with E-state index in [2.05, 4.69) is 0 Å². The van der Waals surface area contributed by atoms with Gasteiger partial charge in [-0.2, -0.15) is 0 Å². The third-order valence-corrected chi connectivity index (χ3v) is 3.85. The normalized spacial score (nSPS) is 20.2. The second-order valence-corrected chi connectivity index (χ2v) is 5.73. The van der Waals surface area contributed by atoms with Gasteiger partial charge in [0.15, 0.2) is 0 Å². The Hall–Kier alpha value is -0.530. The molecule has 0 aliphatic heterocycles. The summed E-state index contributed by atoms with van der Waals surface area (Å²) in [5.41, 5.74) is 1.35. The largest absolute Gasteiger partial charge is 0.512 e. The van der Waals surface area contributed by atoms with Crippen molar-refractivity contribution >= 4 is 7.37 Å². The molecule has 0 radical (unpaired) electrons. The lowest BCUT2D eigenvalue weighted by Gasteiger charge is -2.11. The molecule has 3 nitrogen and oxygen atoms in total. The highest BCUT2D eigenvalue weighted by atomic mass is 31.2. The van der Waals surface area contributed by atoms with Crippen LogP contribution in [0.3, 0.4) is 0 Å². The smallest absolute Gasteiger partial charge is 0.222 e. The molecule has 2 N–H and O–H groups in total. The van der Waals surface area contributed by atoms with Crippen LogP contribution in [-0.2, 0) is 4.57 Å². The highest BCUT2D eigenvalue weighted by molar-refractivity contribution is 7.61. The van der Waals surface area contributed by atoms with E-state index in [1.165, 1.54) is 6.66 Å². The number of hydrogen-bond acceptors (Lipinski definition) is 2. The van der Waals surface area contributed by atoms with Gasteiger partial charge < -0.3 is 10.00 Å². The average molecular weight is 204 g/mol. The first-order chi connectivity index (χ1) is 5.68. The topological polar surface area (TPSA) is 57.5 Å². The lowest BCUT2D eigenvalue weighted by Crippen LogP contribution is -1.91. The highest BCUT2D eigenvalue weighted by Crippen LogP contribution is 2.47. The zero-order valence-electron chi connectivity index (χ0n) is 8.75. The third-order valence-electron chi connectivity index (χ3n) is 2.27. The standard InChI is InChI=1S/C9H17O3P/c1-6(8(3)10)7(2)9(4)13(5,11)12/h10H,1-5H3,(H,11,12)/b8-6-,9-7-. The number of hydrogen-bond donors (Lipinski definition) is 2. The molecule has 0 aromatic carbocycles. The molecule has 76 valence electrons. The predicted molar refractivity (Wildman–Crippen MR) is 55.1 cm³/mol. The van der Waals surface area contributed by atoms with Gasteiger partial charge in [0.05, 0.1) is 5.76 Å². The summed E-state index contributed by atoms with van der Waals surface area (Å²) >= 11 is 0. The lowest BCUT2D eigenvalue weighted by atomic mass is 10.1. The van der Waals surface area contributed by atoms with E-state index in [1.54, 1.807) is 27.7 Å². The van der Waals surface area contributed by atoms with Crippen molar-refractivity contribution in [2.45, 2.75) is 27.7 Å². The summed E-state index contributed by atoms with van der Waals surface area (Å²) in [6, 6.07) is 0. The summed E-state index contributed by atoms with van der Waals surface area (Å²) < 4.78 is 11.3. The van der Waals surface area contributed by atoms with Crippen LogP contribution < -0.4 is 0 Å². The Kier molecular flexibility index (Phi) is 3.95. The van der Waals surface area contributed by atoms with Crippen molar-refractivity contribution in [1.82, 2.24) is 0 Å². The van der Waals surface area contributed by atoms with Crippen molar-refractivity contribution < 1.29 is 14.6 Å². The van der Waals surface area contributed by atoms with Gasteiger partial charge in [0.25, 0.3) is 0 Å². The van der Waals surface area contributed by atoms with Crippen LogP contribution >= 0.6 is 7.37 Å². The zero-order valence-corrected chi connectivity index (χ0v) is 9.64. The van der Waals surface area contributed by atoms with Crippen molar-refractivity contribution in [3.8, 4) is 0 Å². The van der Waals surface area contributed by atoms with Crippen LogP contribution in [0.2, 0.25) is 0 Å². The number of aliphatic hydroxyl groups excluding tert-OH is 1. The van der Waals surface area contributed by atoms with Crippen LogP contribution in [0, 0.1) is 0 Å². The summed E-state index contributed by atoms with van der Waals surface area (Å²) in [4.78, 5) is 9.28. The van der Waals surface area contributed by atoms with Gasteiger partial charge in [-0.3, -0.25) is 4.57 Å². The summed E-state index contributed by atoms with van der Waals surface area (Å²) in [6.45, 7) is 7.93. The van der Waals surface area contributed by atoms with E-state index >= 15 is 0 Å². The van der Waals surface area contributed by atoms with E-state index in [-0.39, 0.29) is 5.76 Å². The Bertz CT molecular complexity index is 303. The van der Waals surface area contributed by atoms with Crippen molar-refractivity contribution in [1.29, 1.82) is 0 Å². The van der Waals surface area contributed by atoms with Gasteiger partial charge in [-0.05, 0) is 38.8 Å². The summed E-state index contributed by atoms with van der Waals surface area (Å²) in [5.74, 6) is 0.185. The van der Waals surface area contributed by atoms with Crippen LogP contribution in [0.15, 0.2) is 22.2 Å². The Morgan fingerprint density at radius 3 is 1.69 bits per heavy atom. The number of aliphatic hydroxyl groups is 1. The lowest BCUT2D eigenvalue weighted by molar-refractivity contribution is 0.408. The molecule has 1 unspecified atom stereocenters.